The molecule has 2 nitrogen and oxygen atoms in total. The molecular weight excluding hydrogens is 182 g/mol. The fourth-order valence-corrected chi connectivity index (χ4v) is 1.63. The van der Waals surface area contributed by atoms with E-state index in [1.165, 1.54) is 0 Å². The number of allylic oxidation sites excluding steroid dienone is 1. The van der Waals surface area contributed by atoms with Crippen LogP contribution in [0.2, 0.25) is 0 Å². The minimum atomic E-state index is 0.0165. The van der Waals surface area contributed by atoms with Gasteiger partial charge in [0.25, 0.3) is 0 Å². The zero-order valence-electron chi connectivity index (χ0n) is 8.67. The fraction of sp³-hybridized carbons (Fsp3) is 0.800. The van der Waals surface area contributed by atoms with Crippen LogP contribution in [0.1, 0.15) is 26.7 Å². The summed E-state index contributed by atoms with van der Waals surface area (Å²) in [6.07, 6.45) is 6.44. The van der Waals surface area contributed by atoms with Gasteiger partial charge < -0.3 is 10.5 Å². The summed E-state index contributed by atoms with van der Waals surface area (Å²) in [5.74, 6) is 0.977. The molecule has 0 fully saturated rings. The van der Waals surface area contributed by atoms with Crippen molar-refractivity contribution >= 4 is 11.8 Å². The first kappa shape index (κ1) is 10.9. The van der Waals surface area contributed by atoms with E-state index in [2.05, 4.69) is 26.2 Å². The van der Waals surface area contributed by atoms with E-state index < -0.39 is 0 Å². The van der Waals surface area contributed by atoms with E-state index in [1.807, 2.05) is 0 Å². The second-order valence-corrected chi connectivity index (χ2v) is 5.34. The van der Waals surface area contributed by atoms with Gasteiger partial charge in [0.05, 0.1) is 12.6 Å². The average molecular weight is 201 g/mol. The van der Waals surface area contributed by atoms with Crippen molar-refractivity contribution in [2.45, 2.75) is 37.5 Å². The second-order valence-electron chi connectivity index (χ2n) is 3.88. The van der Waals surface area contributed by atoms with Crippen LogP contribution in [0.4, 0.5) is 0 Å². The van der Waals surface area contributed by atoms with Crippen LogP contribution in [0.5, 0.6) is 0 Å². The fourth-order valence-electron chi connectivity index (χ4n) is 1.26. The Hall–Kier alpha value is -0.150. The van der Waals surface area contributed by atoms with E-state index >= 15 is 0 Å². The van der Waals surface area contributed by atoms with Crippen LogP contribution < -0.4 is 5.73 Å². The number of nitrogens with two attached hydrogens (primary N) is 1. The van der Waals surface area contributed by atoms with Crippen molar-refractivity contribution in [1.29, 1.82) is 0 Å². The Morgan fingerprint density at radius 1 is 1.62 bits per heavy atom. The van der Waals surface area contributed by atoms with Gasteiger partial charge in [-0.25, -0.2) is 0 Å². The summed E-state index contributed by atoms with van der Waals surface area (Å²) >= 11 is 1.78. The average Bonchev–Trinajstić information content (AvgIpc) is 2.18. The molecule has 0 aromatic rings. The molecule has 1 aliphatic rings. The highest BCUT2D eigenvalue weighted by atomic mass is 32.2. The normalized spacial score (nSPS) is 20.5. The Balaban J connectivity index is 2.65. The Morgan fingerprint density at radius 2 is 2.31 bits per heavy atom. The largest absolute Gasteiger partial charge is 0.497 e. The van der Waals surface area contributed by atoms with Crippen molar-refractivity contribution in [3.05, 3.63) is 11.8 Å². The van der Waals surface area contributed by atoms with Crippen molar-refractivity contribution in [3.63, 3.8) is 0 Å². The zero-order chi connectivity index (χ0) is 9.90. The summed E-state index contributed by atoms with van der Waals surface area (Å²) in [6.45, 7) is 5.13. The summed E-state index contributed by atoms with van der Waals surface area (Å²) in [5, 5.41) is 0. The maximum Gasteiger partial charge on any atom is 0.110 e. The molecule has 0 radical (unpaired) electrons. The lowest BCUT2D eigenvalue weighted by molar-refractivity contribution is 0.169. The van der Waals surface area contributed by atoms with Crippen molar-refractivity contribution < 1.29 is 4.74 Å². The summed E-state index contributed by atoms with van der Waals surface area (Å²) in [7, 11) is 0. The highest BCUT2D eigenvalue weighted by molar-refractivity contribution is 8.00. The predicted molar refractivity (Wildman–Crippen MR) is 58.8 cm³/mol. The zero-order valence-corrected chi connectivity index (χ0v) is 9.49. The smallest absolute Gasteiger partial charge is 0.110 e. The highest BCUT2D eigenvalue weighted by Gasteiger charge is 2.30. The van der Waals surface area contributed by atoms with Crippen LogP contribution >= 0.6 is 11.8 Å². The minimum absolute atomic E-state index is 0.0165. The molecule has 0 aromatic heterocycles. The van der Waals surface area contributed by atoms with Gasteiger partial charge in [-0.3, -0.25) is 0 Å². The Kier molecular flexibility index (Phi) is 3.68. The van der Waals surface area contributed by atoms with Gasteiger partial charge in [0, 0.05) is 4.75 Å². The Morgan fingerprint density at radius 3 is 2.77 bits per heavy atom. The van der Waals surface area contributed by atoms with Gasteiger partial charge in [-0.2, -0.15) is 11.8 Å². The third kappa shape index (κ3) is 2.64. The molecule has 1 heterocycles. The third-order valence-electron chi connectivity index (χ3n) is 2.54. The summed E-state index contributed by atoms with van der Waals surface area (Å²) in [5.41, 5.74) is 6.12. The van der Waals surface area contributed by atoms with Gasteiger partial charge >= 0.3 is 0 Å². The first-order valence-corrected chi connectivity index (χ1v) is 5.94. The van der Waals surface area contributed by atoms with Crippen molar-refractivity contribution in [3.8, 4) is 0 Å². The predicted octanol–water partition coefficient (Wildman–Crippen LogP) is 2.15. The van der Waals surface area contributed by atoms with Gasteiger partial charge in [0.15, 0.2) is 0 Å². The molecule has 3 heteroatoms. The topological polar surface area (TPSA) is 35.2 Å². The van der Waals surface area contributed by atoms with Gasteiger partial charge in [0.2, 0.25) is 0 Å². The molecule has 1 atom stereocenters. The number of hydrogen-bond donors (Lipinski definition) is 1. The van der Waals surface area contributed by atoms with Gasteiger partial charge in [0.1, 0.15) is 5.76 Å². The van der Waals surface area contributed by atoms with Crippen LogP contribution in [-0.4, -0.2) is 23.7 Å². The number of ether oxygens (including phenoxy) is 1. The SMILES string of the molecule is CSC(C)(C)C(N)C1=CCCCO1. The van der Waals surface area contributed by atoms with Crippen LogP contribution in [0, 0.1) is 0 Å². The molecule has 0 bridgehead atoms. The monoisotopic (exact) mass is 201 g/mol. The van der Waals surface area contributed by atoms with Crippen molar-refractivity contribution in [2.24, 2.45) is 5.73 Å². The standard InChI is InChI=1S/C10H19NOS/c1-10(2,13-3)9(11)8-6-4-5-7-12-8/h6,9H,4-5,7,11H2,1-3H3. The molecule has 2 N–H and O–H groups in total. The lowest BCUT2D eigenvalue weighted by Gasteiger charge is -2.32. The molecule has 76 valence electrons. The number of hydrogen-bond acceptors (Lipinski definition) is 3. The van der Waals surface area contributed by atoms with Gasteiger partial charge in [-0.05, 0) is 39.0 Å². The van der Waals surface area contributed by atoms with E-state index in [1.54, 1.807) is 11.8 Å². The maximum atomic E-state index is 6.12. The third-order valence-corrected chi connectivity index (χ3v) is 3.85. The molecule has 1 rings (SSSR count). The second kappa shape index (κ2) is 4.38. The Bertz CT molecular complexity index is 201. The van der Waals surface area contributed by atoms with Gasteiger partial charge in [-0.15, -0.1) is 0 Å². The lowest BCUT2D eigenvalue weighted by atomic mass is 10.0. The van der Waals surface area contributed by atoms with Crippen LogP contribution in [0.15, 0.2) is 11.8 Å². The molecule has 0 spiro atoms. The van der Waals surface area contributed by atoms with E-state index in [-0.39, 0.29) is 10.8 Å². The number of thioether (sulfide) groups is 1. The molecule has 13 heavy (non-hydrogen) atoms. The molecule has 0 amide bonds. The minimum Gasteiger partial charge on any atom is -0.497 e. The highest BCUT2D eigenvalue weighted by Crippen LogP contribution is 2.29. The first-order valence-electron chi connectivity index (χ1n) is 4.71. The van der Waals surface area contributed by atoms with Crippen LogP contribution in [0.3, 0.4) is 0 Å². The molecule has 1 unspecified atom stereocenters. The summed E-state index contributed by atoms with van der Waals surface area (Å²) < 4.78 is 5.61. The molecular formula is C10H19NOS. The molecule has 0 saturated carbocycles. The summed E-state index contributed by atoms with van der Waals surface area (Å²) in [4.78, 5) is 0. The van der Waals surface area contributed by atoms with Crippen LogP contribution in [-0.2, 0) is 4.74 Å². The van der Waals surface area contributed by atoms with Crippen LogP contribution in [0.25, 0.3) is 0 Å². The molecule has 1 aliphatic heterocycles. The number of rotatable bonds is 3. The first-order chi connectivity index (χ1) is 6.08. The van der Waals surface area contributed by atoms with E-state index in [0.29, 0.717) is 0 Å². The molecule has 0 saturated heterocycles. The van der Waals surface area contributed by atoms with Gasteiger partial charge in [-0.1, -0.05) is 0 Å². The van der Waals surface area contributed by atoms with E-state index in [4.69, 9.17) is 10.5 Å². The Labute approximate surface area is 84.9 Å². The van der Waals surface area contributed by atoms with E-state index in [0.717, 1.165) is 25.2 Å². The quantitative estimate of drug-likeness (QED) is 0.760. The lowest BCUT2D eigenvalue weighted by Crippen LogP contribution is -2.43. The van der Waals surface area contributed by atoms with Crippen molar-refractivity contribution in [1.82, 2.24) is 0 Å². The molecule has 0 aliphatic carbocycles. The molecule has 0 aromatic carbocycles. The van der Waals surface area contributed by atoms with Crippen molar-refractivity contribution in [2.75, 3.05) is 12.9 Å². The summed E-state index contributed by atoms with van der Waals surface area (Å²) in [6, 6.07) is 0.0165. The van der Waals surface area contributed by atoms with E-state index in [9.17, 15) is 0 Å². The maximum absolute atomic E-state index is 6.12.